The smallest absolute Gasteiger partial charge is 0.232 e. The third-order valence-corrected chi connectivity index (χ3v) is 5.73. The van der Waals surface area contributed by atoms with Gasteiger partial charge in [0.25, 0.3) is 0 Å². The number of benzene rings is 2. The Morgan fingerprint density at radius 3 is 2.48 bits per heavy atom. The average molecular weight is 449 g/mol. The predicted molar refractivity (Wildman–Crippen MR) is 123 cm³/mol. The van der Waals surface area contributed by atoms with Crippen LogP contribution in [0.5, 0.6) is 11.5 Å². The number of hydrogen-bond donors (Lipinski definition) is 1. The largest absolute Gasteiger partial charge is 0.493 e. The Kier molecular flexibility index (Phi) is 8.74. The molecular weight excluding hydrogens is 416 g/mol. The molecule has 2 rings (SSSR count). The number of amides is 1. The second-order valence-corrected chi connectivity index (χ2v) is 9.61. The van der Waals surface area contributed by atoms with E-state index in [2.05, 4.69) is 5.32 Å². The highest BCUT2D eigenvalue weighted by Crippen LogP contribution is 2.29. The van der Waals surface area contributed by atoms with Crippen LogP contribution in [-0.2, 0) is 21.4 Å². The van der Waals surface area contributed by atoms with Crippen LogP contribution in [0.4, 0.5) is 5.69 Å². The van der Waals surface area contributed by atoms with Crippen molar-refractivity contribution < 1.29 is 22.7 Å². The number of aryl methyl sites for hydroxylation is 1. The van der Waals surface area contributed by atoms with Crippen LogP contribution < -0.4 is 19.1 Å². The summed E-state index contributed by atoms with van der Waals surface area (Å²) < 4.78 is 36.8. The lowest BCUT2D eigenvalue weighted by molar-refractivity contribution is -0.121. The predicted octanol–water partition coefficient (Wildman–Crippen LogP) is 3.65. The summed E-state index contributed by atoms with van der Waals surface area (Å²) in [6, 6.07) is 12.8. The van der Waals surface area contributed by atoms with Crippen molar-refractivity contribution in [2.24, 2.45) is 0 Å². The fourth-order valence-electron chi connectivity index (χ4n) is 3.12. The van der Waals surface area contributed by atoms with Crippen molar-refractivity contribution in [3.63, 3.8) is 0 Å². The lowest BCUT2D eigenvalue weighted by atomic mass is 10.2. The van der Waals surface area contributed by atoms with E-state index in [0.717, 1.165) is 11.1 Å². The van der Waals surface area contributed by atoms with Gasteiger partial charge >= 0.3 is 0 Å². The van der Waals surface area contributed by atoms with Crippen LogP contribution in [0.15, 0.2) is 42.5 Å². The molecule has 31 heavy (non-hydrogen) atoms. The standard InChI is InChI=1S/C23H32N2O5S/c1-17(2)30-21-12-11-19(15-22(21)29-4)16-24-23(26)10-7-13-25(31(5,27)28)20-9-6-8-18(3)14-20/h6,8-9,11-12,14-15,17H,7,10,13,16H2,1-5H3,(H,24,26). The lowest BCUT2D eigenvalue weighted by Gasteiger charge is -2.22. The number of nitrogens with zero attached hydrogens (tertiary/aromatic N) is 1. The van der Waals surface area contributed by atoms with Crippen LogP contribution in [0.2, 0.25) is 0 Å². The van der Waals surface area contributed by atoms with Crippen LogP contribution in [0.1, 0.15) is 37.8 Å². The fourth-order valence-corrected chi connectivity index (χ4v) is 4.07. The van der Waals surface area contributed by atoms with Crippen molar-refractivity contribution in [1.82, 2.24) is 5.32 Å². The van der Waals surface area contributed by atoms with Crippen molar-refractivity contribution in [3.05, 3.63) is 53.6 Å². The normalized spacial score (nSPS) is 11.3. The quantitative estimate of drug-likeness (QED) is 0.567. The van der Waals surface area contributed by atoms with E-state index in [1.54, 1.807) is 13.2 Å². The topological polar surface area (TPSA) is 84.9 Å². The zero-order valence-electron chi connectivity index (χ0n) is 18.8. The number of carbonyl (C=O) groups is 1. The second kappa shape index (κ2) is 11.0. The Labute approximate surface area is 185 Å². The van der Waals surface area contributed by atoms with E-state index in [0.29, 0.717) is 30.2 Å². The maximum Gasteiger partial charge on any atom is 0.232 e. The van der Waals surface area contributed by atoms with Gasteiger partial charge in [-0.25, -0.2) is 8.42 Å². The van der Waals surface area contributed by atoms with E-state index in [4.69, 9.17) is 9.47 Å². The van der Waals surface area contributed by atoms with Gasteiger partial charge in [0.1, 0.15) is 0 Å². The van der Waals surface area contributed by atoms with Crippen molar-refractivity contribution in [2.75, 3.05) is 24.2 Å². The van der Waals surface area contributed by atoms with Gasteiger partial charge in [0.15, 0.2) is 11.5 Å². The highest BCUT2D eigenvalue weighted by Gasteiger charge is 2.17. The average Bonchev–Trinajstić information content (AvgIpc) is 2.69. The minimum Gasteiger partial charge on any atom is -0.493 e. The summed E-state index contributed by atoms with van der Waals surface area (Å²) in [6.07, 6.45) is 1.85. The van der Waals surface area contributed by atoms with E-state index in [1.807, 2.05) is 57.2 Å². The van der Waals surface area contributed by atoms with Gasteiger partial charge in [-0.05, 0) is 62.6 Å². The zero-order valence-corrected chi connectivity index (χ0v) is 19.7. The van der Waals surface area contributed by atoms with Crippen LogP contribution in [-0.4, -0.2) is 40.3 Å². The van der Waals surface area contributed by atoms with Crippen LogP contribution in [0, 0.1) is 6.92 Å². The van der Waals surface area contributed by atoms with Crippen molar-refractivity contribution in [3.8, 4) is 11.5 Å². The van der Waals surface area contributed by atoms with Crippen LogP contribution in [0.3, 0.4) is 0 Å². The summed E-state index contributed by atoms with van der Waals surface area (Å²) in [5, 5.41) is 2.87. The zero-order chi connectivity index (χ0) is 23.0. The molecule has 1 N–H and O–H groups in total. The highest BCUT2D eigenvalue weighted by atomic mass is 32.2. The molecule has 0 saturated heterocycles. The van der Waals surface area contributed by atoms with E-state index in [-0.39, 0.29) is 25.0 Å². The van der Waals surface area contributed by atoms with Crippen LogP contribution >= 0.6 is 0 Å². The molecule has 0 aliphatic carbocycles. The Balaban J connectivity index is 1.90. The summed E-state index contributed by atoms with van der Waals surface area (Å²) in [6.45, 7) is 6.39. The van der Waals surface area contributed by atoms with Crippen molar-refractivity contribution >= 4 is 21.6 Å². The first-order chi connectivity index (χ1) is 14.6. The molecule has 0 saturated carbocycles. The molecule has 0 bridgehead atoms. The molecule has 0 heterocycles. The van der Waals surface area contributed by atoms with Crippen molar-refractivity contribution in [1.29, 1.82) is 0 Å². The van der Waals surface area contributed by atoms with Gasteiger partial charge in [-0.1, -0.05) is 18.2 Å². The van der Waals surface area contributed by atoms with Crippen LogP contribution in [0.25, 0.3) is 0 Å². The van der Waals surface area contributed by atoms with Gasteiger partial charge in [0.05, 0.1) is 25.2 Å². The molecule has 0 fully saturated rings. The second-order valence-electron chi connectivity index (χ2n) is 7.71. The first-order valence-electron chi connectivity index (χ1n) is 10.2. The molecule has 0 atom stereocenters. The third kappa shape index (κ3) is 7.79. The maximum atomic E-state index is 12.3. The Morgan fingerprint density at radius 1 is 1.13 bits per heavy atom. The SMILES string of the molecule is COc1cc(CNC(=O)CCCN(c2cccc(C)c2)S(C)(=O)=O)ccc1OC(C)C. The molecule has 0 unspecified atom stereocenters. The molecule has 0 aromatic heterocycles. The molecule has 0 radical (unpaired) electrons. The number of hydrogen-bond acceptors (Lipinski definition) is 5. The molecule has 0 aliphatic rings. The summed E-state index contributed by atoms with van der Waals surface area (Å²) in [5.74, 6) is 1.13. The molecule has 0 spiro atoms. The summed E-state index contributed by atoms with van der Waals surface area (Å²) in [5.41, 5.74) is 2.47. The maximum absolute atomic E-state index is 12.3. The Morgan fingerprint density at radius 2 is 1.87 bits per heavy atom. The van der Waals surface area contributed by atoms with Crippen molar-refractivity contribution in [2.45, 2.75) is 46.3 Å². The summed E-state index contributed by atoms with van der Waals surface area (Å²) in [7, 11) is -1.86. The van der Waals surface area contributed by atoms with Gasteiger partial charge in [0.2, 0.25) is 15.9 Å². The van der Waals surface area contributed by atoms with Gasteiger partial charge in [-0.15, -0.1) is 0 Å². The molecular formula is C23H32N2O5S. The molecule has 2 aromatic rings. The van der Waals surface area contributed by atoms with E-state index in [1.165, 1.54) is 10.6 Å². The molecule has 1 amide bonds. The molecule has 8 heteroatoms. The van der Waals surface area contributed by atoms with E-state index in [9.17, 15) is 13.2 Å². The number of carbonyl (C=O) groups excluding carboxylic acids is 1. The molecule has 0 aliphatic heterocycles. The monoisotopic (exact) mass is 448 g/mol. The van der Waals surface area contributed by atoms with Gasteiger partial charge < -0.3 is 14.8 Å². The third-order valence-electron chi connectivity index (χ3n) is 4.54. The summed E-state index contributed by atoms with van der Waals surface area (Å²) in [4.78, 5) is 12.3. The van der Waals surface area contributed by atoms with Gasteiger partial charge in [0, 0.05) is 19.5 Å². The Hall–Kier alpha value is -2.74. The van der Waals surface area contributed by atoms with E-state index >= 15 is 0 Å². The molecule has 2 aromatic carbocycles. The van der Waals surface area contributed by atoms with E-state index < -0.39 is 10.0 Å². The lowest BCUT2D eigenvalue weighted by Crippen LogP contribution is -2.32. The highest BCUT2D eigenvalue weighted by molar-refractivity contribution is 7.92. The molecule has 7 nitrogen and oxygen atoms in total. The molecule has 170 valence electrons. The summed E-state index contributed by atoms with van der Waals surface area (Å²) >= 11 is 0. The number of ether oxygens (including phenoxy) is 2. The first-order valence-corrected chi connectivity index (χ1v) is 12.1. The number of sulfonamides is 1. The minimum absolute atomic E-state index is 0.0331. The number of methoxy groups -OCH3 is 1. The first kappa shape index (κ1) is 24.5. The fraction of sp³-hybridized carbons (Fsp3) is 0.435. The number of anilines is 1. The Bertz CT molecular complexity index is 989. The van der Waals surface area contributed by atoms with Gasteiger partial charge in [-0.3, -0.25) is 9.10 Å². The van der Waals surface area contributed by atoms with Gasteiger partial charge in [-0.2, -0.15) is 0 Å². The number of nitrogens with one attached hydrogen (secondary N) is 1. The number of rotatable bonds is 11. The minimum atomic E-state index is -3.43.